The first kappa shape index (κ1) is 15.6. The molecule has 23 heavy (non-hydrogen) atoms. The zero-order valence-corrected chi connectivity index (χ0v) is 13.7. The molecule has 2 atom stereocenters. The number of hydrogen-bond acceptors (Lipinski definition) is 3. The van der Waals surface area contributed by atoms with Gasteiger partial charge in [0.15, 0.2) is 0 Å². The number of anilines is 1. The van der Waals surface area contributed by atoms with E-state index >= 15 is 0 Å². The van der Waals surface area contributed by atoms with Crippen LogP contribution >= 0.6 is 0 Å². The summed E-state index contributed by atoms with van der Waals surface area (Å²) in [6.07, 6.45) is 2.34. The second kappa shape index (κ2) is 6.86. The van der Waals surface area contributed by atoms with Crippen molar-refractivity contribution in [3.63, 3.8) is 0 Å². The minimum Gasteiger partial charge on any atom is -0.462 e. The zero-order chi connectivity index (χ0) is 16.2. The van der Waals surface area contributed by atoms with Gasteiger partial charge >= 0.3 is 5.97 Å². The van der Waals surface area contributed by atoms with Gasteiger partial charge in [-0.2, -0.15) is 0 Å². The SMILES string of the molecule is CCOC(=O)c1ccc(N2C(C)CCC2c2ccccc2)cc1. The monoisotopic (exact) mass is 309 g/mol. The predicted octanol–water partition coefficient (Wildman–Crippen LogP) is 4.59. The van der Waals surface area contributed by atoms with Gasteiger partial charge in [0.05, 0.1) is 18.2 Å². The summed E-state index contributed by atoms with van der Waals surface area (Å²) in [7, 11) is 0. The lowest BCUT2D eigenvalue weighted by Crippen LogP contribution is -2.29. The van der Waals surface area contributed by atoms with Crippen LogP contribution in [0.3, 0.4) is 0 Å². The number of benzene rings is 2. The van der Waals surface area contributed by atoms with Gasteiger partial charge in [-0.3, -0.25) is 0 Å². The van der Waals surface area contributed by atoms with E-state index in [0.717, 1.165) is 12.1 Å². The van der Waals surface area contributed by atoms with Crippen molar-refractivity contribution in [2.45, 2.75) is 38.8 Å². The Morgan fingerprint density at radius 2 is 1.78 bits per heavy atom. The molecule has 0 N–H and O–H groups in total. The standard InChI is InChI=1S/C20H23NO2/c1-3-23-20(22)17-10-12-18(13-11-17)21-15(2)9-14-19(21)16-7-5-4-6-8-16/h4-8,10-13,15,19H,3,9,14H2,1-2H3. The van der Waals surface area contributed by atoms with Crippen molar-refractivity contribution in [2.75, 3.05) is 11.5 Å². The molecule has 120 valence electrons. The van der Waals surface area contributed by atoms with Gasteiger partial charge in [0.1, 0.15) is 0 Å². The molecule has 0 spiro atoms. The molecule has 0 bridgehead atoms. The maximum atomic E-state index is 11.8. The molecule has 0 radical (unpaired) electrons. The second-order valence-electron chi connectivity index (χ2n) is 6.03. The van der Waals surface area contributed by atoms with Crippen molar-refractivity contribution in [1.82, 2.24) is 0 Å². The molecular weight excluding hydrogens is 286 g/mol. The van der Waals surface area contributed by atoms with Gasteiger partial charge in [-0.25, -0.2) is 4.79 Å². The molecule has 2 unspecified atom stereocenters. The highest BCUT2D eigenvalue weighted by Gasteiger charge is 2.31. The van der Waals surface area contributed by atoms with Crippen LogP contribution in [0, 0.1) is 0 Å². The Morgan fingerprint density at radius 3 is 2.43 bits per heavy atom. The first-order chi connectivity index (χ1) is 11.2. The molecule has 1 aliphatic heterocycles. The van der Waals surface area contributed by atoms with Gasteiger partial charge < -0.3 is 9.64 Å². The van der Waals surface area contributed by atoms with Gasteiger partial charge in [0.2, 0.25) is 0 Å². The summed E-state index contributed by atoms with van der Waals surface area (Å²) < 4.78 is 5.05. The van der Waals surface area contributed by atoms with E-state index in [9.17, 15) is 4.79 Å². The van der Waals surface area contributed by atoms with Crippen molar-refractivity contribution in [3.8, 4) is 0 Å². The van der Waals surface area contributed by atoms with Crippen LogP contribution in [0.5, 0.6) is 0 Å². The predicted molar refractivity (Wildman–Crippen MR) is 92.8 cm³/mol. The summed E-state index contributed by atoms with van der Waals surface area (Å²) in [4.78, 5) is 14.3. The second-order valence-corrected chi connectivity index (χ2v) is 6.03. The molecule has 0 amide bonds. The molecule has 3 rings (SSSR count). The smallest absolute Gasteiger partial charge is 0.338 e. The van der Waals surface area contributed by atoms with Crippen molar-refractivity contribution in [1.29, 1.82) is 0 Å². The lowest BCUT2D eigenvalue weighted by molar-refractivity contribution is 0.0526. The number of nitrogens with zero attached hydrogens (tertiary/aromatic N) is 1. The van der Waals surface area contributed by atoms with Crippen LogP contribution in [0.4, 0.5) is 5.69 Å². The summed E-state index contributed by atoms with van der Waals surface area (Å²) in [6, 6.07) is 19.3. The Bertz CT molecular complexity index is 651. The third kappa shape index (κ3) is 3.24. The third-order valence-electron chi connectivity index (χ3n) is 4.53. The number of carbonyl (C=O) groups excluding carboxylic acids is 1. The fourth-order valence-electron chi connectivity index (χ4n) is 3.41. The molecule has 3 nitrogen and oxygen atoms in total. The Balaban J connectivity index is 1.85. The largest absolute Gasteiger partial charge is 0.462 e. The highest BCUT2D eigenvalue weighted by Crippen LogP contribution is 2.39. The van der Waals surface area contributed by atoms with Crippen LogP contribution < -0.4 is 4.90 Å². The summed E-state index contributed by atoms with van der Waals surface area (Å²) >= 11 is 0. The number of ether oxygens (including phenoxy) is 1. The minimum absolute atomic E-state index is 0.256. The van der Waals surface area contributed by atoms with Crippen molar-refractivity contribution >= 4 is 11.7 Å². The maximum Gasteiger partial charge on any atom is 0.338 e. The van der Waals surface area contributed by atoms with E-state index < -0.39 is 0 Å². The van der Waals surface area contributed by atoms with Crippen molar-refractivity contribution in [2.24, 2.45) is 0 Å². The average Bonchev–Trinajstić information content (AvgIpc) is 2.97. The van der Waals surface area contributed by atoms with E-state index in [2.05, 4.69) is 42.2 Å². The van der Waals surface area contributed by atoms with Crippen molar-refractivity contribution < 1.29 is 9.53 Å². The van der Waals surface area contributed by atoms with Crippen LogP contribution in [-0.2, 0) is 4.74 Å². The van der Waals surface area contributed by atoms with Gasteiger partial charge in [-0.05, 0) is 56.5 Å². The molecule has 0 aliphatic carbocycles. The number of carbonyl (C=O) groups is 1. The van der Waals surface area contributed by atoms with Crippen LogP contribution in [-0.4, -0.2) is 18.6 Å². The molecule has 1 saturated heterocycles. The Labute approximate surface area is 137 Å². The van der Waals surface area contributed by atoms with E-state index in [0.29, 0.717) is 24.3 Å². The fraction of sp³-hybridized carbons (Fsp3) is 0.350. The lowest BCUT2D eigenvalue weighted by atomic mass is 10.0. The molecule has 2 aromatic rings. The number of hydrogen-bond donors (Lipinski definition) is 0. The van der Waals surface area contributed by atoms with Crippen LogP contribution in [0.1, 0.15) is 48.7 Å². The quantitative estimate of drug-likeness (QED) is 0.773. The van der Waals surface area contributed by atoms with Gasteiger partial charge in [0, 0.05) is 11.7 Å². The van der Waals surface area contributed by atoms with E-state index in [1.165, 1.54) is 12.0 Å². The van der Waals surface area contributed by atoms with Gasteiger partial charge in [0.25, 0.3) is 0 Å². The number of rotatable bonds is 4. The zero-order valence-electron chi connectivity index (χ0n) is 13.7. The Hall–Kier alpha value is -2.29. The highest BCUT2D eigenvalue weighted by molar-refractivity contribution is 5.89. The molecule has 3 heteroatoms. The van der Waals surface area contributed by atoms with E-state index in [-0.39, 0.29) is 5.97 Å². The molecule has 1 aliphatic rings. The first-order valence-electron chi connectivity index (χ1n) is 8.31. The normalized spacial score (nSPS) is 20.5. The van der Waals surface area contributed by atoms with Crippen LogP contribution in [0.15, 0.2) is 54.6 Å². The molecule has 0 saturated carbocycles. The summed E-state index contributed by atoms with van der Waals surface area (Å²) in [5, 5.41) is 0. The number of esters is 1. The molecule has 2 aromatic carbocycles. The topological polar surface area (TPSA) is 29.5 Å². The van der Waals surface area contributed by atoms with Crippen LogP contribution in [0.2, 0.25) is 0 Å². The van der Waals surface area contributed by atoms with Gasteiger partial charge in [-0.1, -0.05) is 30.3 Å². The molecule has 1 heterocycles. The third-order valence-corrected chi connectivity index (χ3v) is 4.53. The van der Waals surface area contributed by atoms with E-state index in [1.54, 1.807) is 0 Å². The van der Waals surface area contributed by atoms with E-state index in [4.69, 9.17) is 4.74 Å². The van der Waals surface area contributed by atoms with Crippen LogP contribution in [0.25, 0.3) is 0 Å². The fourth-order valence-corrected chi connectivity index (χ4v) is 3.41. The van der Waals surface area contributed by atoms with Crippen molar-refractivity contribution in [3.05, 3.63) is 65.7 Å². The molecular formula is C20H23NO2. The summed E-state index contributed by atoms with van der Waals surface area (Å²) in [5.74, 6) is -0.256. The summed E-state index contributed by atoms with van der Waals surface area (Å²) in [6.45, 7) is 4.49. The van der Waals surface area contributed by atoms with Gasteiger partial charge in [-0.15, -0.1) is 0 Å². The first-order valence-corrected chi connectivity index (χ1v) is 8.31. The summed E-state index contributed by atoms with van der Waals surface area (Å²) in [5.41, 5.74) is 3.13. The lowest BCUT2D eigenvalue weighted by Gasteiger charge is -2.31. The molecule has 0 aromatic heterocycles. The Kier molecular flexibility index (Phi) is 4.65. The Morgan fingerprint density at radius 1 is 1.09 bits per heavy atom. The maximum absolute atomic E-state index is 11.8. The highest BCUT2D eigenvalue weighted by atomic mass is 16.5. The molecule has 1 fully saturated rings. The average molecular weight is 309 g/mol. The minimum atomic E-state index is -0.256. The van der Waals surface area contributed by atoms with E-state index in [1.807, 2.05) is 31.2 Å².